The van der Waals surface area contributed by atoms with E-state index in [0.717, 1.165) is 0 Å². The van der Waals surface area contributed by atoms with Crippen molar-refractivity contribution in [3.63, 3.8) is 0 Å². The van der Waals surface area contributed by atoms with Crippen LogP contribution in [0.4, 0.5) is 0 Å². The zero-order valence-electron chi connectivity index (χ0n) is 19.1. The van der Waals surface area contributed by atoms with Crippen LogP contribution in [0.2, 0.25) is 0 Å². The fraction of sp³-hybridized carbons (Fsp3) is 0.455. The normalized spacial score (nSPS) is 21.8. The van der Waals surface area contributed by atoms with E-state index >= 15 is 0 Å². The zero-order chi connectivity index (χ0) is 25.2. The number of hydrogen-bond acceptors (Lipinski definition) is 7. The number of hydrogen-bond donors (Lipinski definition) is 3. The largest absolute Gasteiger partial charge is 0.481 e. The van der Waals surface area contributed by atoms with Crippen molar-refractivity contribution in [2.45, 2.75) is 30.0 Å². The van der Waals surface area contributed by atoms with Crippen molar-refractivity contribution in [1.29, 1.82) is 0 Å². The van der Waals surface area contributed by atoms with Crippen molar-refractivity contribution < 1.29 is 33.5 Å². The second-order valence-electron chi connectivity index (χ2n) is 9.14. The molecule has 2 aliphatic heterocycles. The first-order chi connectivity index (χ1) is 15.9. The summed E-state index contributed by atoms with van der Waals surface area (Å²) in [6.45, 7) is 0.255. The summed E-state index contributed by atoms with van der Waals surface area (Å²) in [5, 5.41) is 11.4. The Morgan fingerprint density at radius 1 is 1.29 bits per heavy atom. The maximum atomic E-state index is 13.0. The number of fused-ring (bicyclic) bond motifs is 1. The topological polar surface area (TPSA) is 139 Å². The minimum atomic E-state index is -1.11. The molecule has 34 heavy (non-hydrogen) atoms. The Kier molecular flexibility index (Phi) is 7.91. The number of carbonyl (C=O) groups excluding carboxylic acids is 3. The van der Waals surface area contributed by atoms with Gasteiger partial charge >= 0.3 is 11.9 Å². The van der Waals surface area contributed by atoms with Gasteiger partial charge in [0.2, 0.25) is 5.91 Å². The molecule has 0 radical (unpaired) electrons. The number of rotatable bonds is 9. The highest BCUT2D eigenvalue weighted by atomic mass is 35.5. The van der Waals surface area contributed by atoms with Crippen LogP contribution in [-0.4, -0.2) is 89.2 Å². The predicted molar refractivity (Wildman–Crippen MR) is 126 cm³/mol. The minimum absolute atomic E-state index is 0.120. The van der Waals surface area contributed by atoms with E-state index in [2.05, 4.69) is 5.32 Å². The number of amides is 2. The molecule has 0 saturated carbocycles. The number of likely N-dealkylation sites (N-methyl/N-ethyl adjacent to an activating group) is 1. The Hall–Kier alpha value is -2.60. The van der Waals surface area contributed by atoms with Gasteiger partial charge in [-0.1, -0.05) is 41.9 Å². The average Bonchev–Trinajstić information content (AvgIpc) is 2.75. The maximum absolute atomic E-state index is 13.0. The Labute approximate surface area is 206 Å². The van der Waals surface area contributed by atoms with Gasteiger partial charge in [0.1, 0.15) is 29.7 Å². The van der Waals surface area contributed by atoms with Gasteiger partial charge in [-0.2, -0.15) is 0 Å². The van der Waals surface area contributed by atoms with Crippen LogP contribution in [0, 0.1) is 0 Å². The Bertz CT molecular complexity index is 1010. The van der Waals surface area contributed by atoms with E-state index in [4.69, 9.17) is 22.1 Å². The fourth-order valence-electron chi connectivity index (χ4n) is 3.78. The molecule has 4 N–H and O–H groups in total. The van der Waals surface area contributed by atoms with Gasteiger partial charge in [0.25, 0.3) is 5.91 Å². The Morgan fingerprint density at radius 2 is 1.94 bits per heavy atom. The highest BCUT2D eigenvalue weighted by Crippen LogP contribution is 2.42. The molecule has 1 saturated heterocycles. The number of β-lactam (4-membered cyclic amide) rings is 1. The van der Waals surface area contributed by atoms with Crippen LogP contribution in [0.15, 0.2) is 41.1 Å². The Balaban J connectivity index is 1.70. The van der Waals surface area contributed by atoms with Crippen molar-refractivity contribution in [2.24, 2.45) is 5.73 Å². The Morgan fingerprint density at radius 3 is 2.53 bits per heavy atom. The number of nitrogens with two attached hydrogens (primary N) is 1. The third-order valence-electron chi connectivity index (χ3n) is 5.28. The summed E-state index contributed by atoms with van der Waals surface area (Å²) in [7, 11) is 5.53. The number of nitrogens with zero attached hydrogens (tertiary/aromatic N) is 2. The highest BCUT2D eigenvalue weighted by molar-refractivity contribution is 8.00. The summed E-state index contributed by atoms with van der Waals surface area (Å²) in [6.07, 6.45) is -1.29. The number of aliphatic carboxylic acids is 1. The molecule has 1 aromatic carbocycles. The number of halogens is 1. The van der Waals surface area contributed by atoms with E-state index in [0.29, 0.717) is 10.0 Å². The number of thioether (sulfide) groups is 1. The smallest absolute Gasteiger partial charge is 0.356 e. The molecule has 0 aliphatic carbocycles. The molecular weight excluding hydrogens is 484 g/mol. The number of nitrogens with one attached hydrogen (secondary N) is 1. The van der Waals surface area contributed by atoms with Crippen LogP contribution in [-0.2, 0) is 23.9 Å². The van der Waals surface area contributed by atoms with Gasteiger partial charge in [-0.15, -0.1) is 11.8 Å². The number of esters is 1. The lowest BCUT2D eigenvalue weighted by Crippen LogP contribution is -2.71. The lowest BCUT2D eigenvalue weighted by Gasteiger charge is -2.49. The van der Waals surface area contributed by atoms with E-state index in [1.54, 1.807) is 30.3 Å². The molecule has 1 aromatic rings. The van der Waals surface area contributed by atoms with Crippen LogP contribution >= 0.6 is 23.4 Å². The number of carboxylic acid groups (broad SMARTS) is 1. The molecule has 2 heterocycles. The summed E-state index contributed by atoms with van der Waals surface area (Å²) < 4.78 is 5.84. The van der Waals surface area contributed by atoms with Gasteiger partial charge in [-0.25, -0.2) is 4.79 Å². The van der Waals surface area contributed by atoms with Crippen LogP contribution < -0.4 is 11.1 Å². The predicted octanol–water partition coefficient (Wildman–Crippen LogP) is 0.629. The lowest BCUT2D eigenvalue weighted by atomic mass is 10.0. The van der Waals surface area contributed by atoms with E-state index in [1.165, 1.54) is 16.7 Å². The molecule has 1 unspecified atom stereocenters. The van der Waals surface area contributed by atoms with Crippen molar-refractivity contribution >= 4 is 47.1 Å². The summed E-state index contributed by atoms with van der Waals surface area (Å²) in [5.41, 5.74) is 6.51. The van der Waals surface area contributed by atoms with Crippen LogP contribution in [0.3, 0.4) is 0 Å². The van der Waals surface area contributed by atoms with Crippen molar-refractivity contribution in [3.8, 4) is 0 Å². The quantitative estimate of drug-likeness (QED) is 0.249. The van der Waals surface area contributed by atoms with Gasteiger partial charge in [0, 0.05) is 5.75 Å². The molecule has 2 amide bonds. The summed E-state index contributed by atoms with van der Waals surface area (Å²) in [5.74, 6) is -2.78. The zero-order valence-corrected chi connectivity index (χ0v) is 20.6. The first-order valence-electron chi connectivity index (χ1n) is 10.6. The minimum Gasteiger partial charge on any atom is -0.481 e. The van der Waals surface area contributed by atoms with Gasteiger partial charge in [0.15, 0.2) is 6.10 Å². The SMILES string of the molecule is C[N+](C)(C)CC(CC(=O)O)OC(=O)C1=C(Cl)CS[C@@H]2[C@H](NC(=O)[C@H](N)c3ccccc3)C(=O)N12. The van der Waals surface area contributed by atoms with Crippen molar-refractivity contribution in [1.82, 2.24) is 10.2 Å². The summed E-state index contributed by atoms with van der Waals surface area (Å²) in [6, 6.07) is 6.93. The fourth-order valence-corrected chi connectivity index (χ4v) is 5.33. The van der Waals surface area contributed by atoms with E-state index < -0.39 is 47.3 Å². The number of carbonyl (C=O) groups is 4. The summed E-state index contributed by atoms with van der Waals surface area (Å²) in [4.78, 5) is 50.9. The lowest BCUT2D eigenvalue weighted by molar-refractivity contribution is -0.873. The van der Waals surface area contributed by atoms with Gasteiger partial charge in [0.05, 0.1) is 32.6 Å². The van der Waals surface area contributed by atoms with E-state index in [-0.39, 0.29) is 29.4 Å². The molecule has 12 heteroatoms. The molecule has 2 aliphatic rings. The van der Waals surface area contributed by atoms with Gasteiger partial charge in [-0.05, 0) is 5.56 Å². The van der Waals surface area contributed by atoms with Gasteiger partial charge in [-0.3, -0.25) is 19.3 Å². The molecule has 0 bridgehead atoms. The molecule has 0 spiro atoms. The molecule has 3 rings (SSSR count). The number of carboxylic acids is 1. The second-order valence-corrected chi connectivity index (χ2v) is 10.7. The molecular formula is C22H28ClN4O6S+. The van der Waals surface area contributed by atoms with E-state index in [1.807, 2.05) is 21.1 Å². The molecule has 1 fully saturated rings. The van der Waals surface area contributed by atoms with Crippen LogP contribution in [0.25, 0.3) is 0 Å². The number of benzene rings is 1. The first-order valence-corrected chi connectivity index (χ1v) is 12.0. The standard InChI is InChI=1S/C22H27ClN4O6S/c1-27(2,3)10-13(9-15(28)29)33-22(32)18-14(23)11-34-21-17(20(31)26(18)21)25-19(30)16(24)12-7-5-4-6-8-12/h4-8,13,16-17,21H,9-11,24H2,1-3H3,(H-,25,28,29,30)/p+1/t13?,16-,17-,21-/m1/s1. The molecule has 4 atom stereocenters. The molecule has 184 valence electrons. The van der Waals surface area contributed by atoms with E-state index in [9.17, 15) is 24.3 Å². The van der Waals surface area contributed by atoms with Crippen LogP contribution in [0.1, 0.15) is 18.0 Å². The summed E-state index contributed by atoms with van der Waals surface area (Å²) >= 11 is 7.58. The monoisotopic (exact) mass is 511 g/mol. The molecule has 10 nitrogen and oxygen atoms in total. The average molecular weight is 512 g/mol. The van der Waals surface area contributed by atoms with Crippen molar-refractivity contribution in [2.75, 3.05) is 33.4 Å². The maximum Gasteiger partial charge on any atom is 0.356 e. The van der Waals surface area contributed by atoms with Crippen molar-refractivity contribution in [3.05, 3.63) is 46.6 Å². The third-order valence-corrected chi connectivity index (χ3v) is 7.03. The van der Waals surface area contributed by atoms with Crippen LogP contribution in [0.5, 0.6) is 0 Å². The number of ether oxygens (including phenoxy) is 1. The molecule has 0 aromatic heterocycles. The van der Waals surface area contributed by atoms with Gasteiger partial charge < -0.3 is 25.4 Å². The first kappa shape index (κ1) is 26.0. The highest BCUT2D eigenvalue weighted by Gasteiger charge is 2.55. The third kappa shape index (κ3) is 5.90. The second kappa shape index (κ2) is 10.3. The number of quaternary nitrogens is 1.